The third-order valence-electron chi connectivity index (χ3n) is 3.88. The molecule has 1 aliphatic rings. The molecule has 1 aliphatic heterocycles. The summed E-state index contributed by atoms with van der Waals surface area (Å²) >= 11 is 1.70. The molecule has 2 heterocycles. The first kappa shape index (κ1) is 17.7. The molecule has 1 saturated heterocycles. The molecule has 2 N–H and O–H groups in total. The maximum Gasteiger partial charge on any atom is 0.219 e. The molecule has 0 aliphatic carbocycles. The largest absolute Gasteiger partial charge is 0.357 e. The van der Waals surface area contributed by atoms with Crippen molar-refractivity contribution in [2.24, 2.45) is 4.99 Å². The second-order valence-corrected chi connectivity index (χ2v) is 6.38. The first-order chi connectivity index (χ1) is 11.2. The topological polar surface area (TPSA) is 60.0 Å². The lowest BCUT2D eigenvalue weighted by Crippen LogP contribution is -2.50. The van der Waals surface area contributed by atoms with Gasteiger partial charge in [-0.05, 0) is 29.3 Å². The van der Waals surface area contributed by atoms with Crippen LogP contribution in [0.3, 0.4) is 0 Å². The van der Waals surface area contributed by atoms with Crippen molar-refractivity contribution in [1.29, 1.82) is 0 Å². The lowest BCUT2D eigenvalue weighted by Gasteiger charge is -2.34. The molecule has 0 bridgehead atoms. The van der Waals surface area contributed by atoms with E-state index in [0.29, 0.717) is 6.54 Å². The Morgan fingerprint density at radius 1 is 1.30 bits per heavy atom. The molecule has 1 aromatic rings. The van der Waals surface area contributed by atoms with E-state index in [9.17, 15) is 4.79 Å². The average Bonchev–Trinajstić information content (AvgIpc) is 3.06. The molecular weight excluding hydrogens is 310 g/mol. The molecule has 2 rings (SSSR count). The third kappa shape index (κ3) is 6.19. The number of amides is 1. The normalized spacial score (nSPS) is 16.4. The highest BCUT2D eigenvalue weighted by molar-refractivity contribution is 7.07. The molecule has 0 saturated carbocycles. The second kappa shape index (κ2) is 9.52. The number of carbonyl (C=O) groups is 1. The van der Waals surface area contributed by atoms with Crippen molar-refractivity contribution in [2.45, 2.75) is 20.4 Å². The lowest BCUT2D eigenvalue weighted by molar-refractivity contribution is -0.130. The van der Waals surface area contributed by atoms with Crippen LogP contribution in [-0.4, -0.2) is 67.5 Å². The summed E-state index contributed by atoms with van der Waals surface area (Å²) in [7, 11) is 0. The highest BCUT2D eigenvalue weighted by Crippen LogP contribution is 2.06. The molecule has 7 heteroatoms. The molecule has 1 aromatic heterocycles. The van der Waals surface area contributed by atoms with Crippen molar-refractivity contribution in [1.82, 2.24) is 20.4 Å². The van der Waals surface area contributed by atoms with Gasteiger partial charge in [-0.1, -0.05) is 0 Å². The Bertz CT molecular complexity index is 495. The summed E-state index contributed by atoms with van der Waals surface area (Å²) in [5.74, 6) is 1.04. The standard InChI is InChI=1S/C16H27N5OS/c1-3-17-16(19-12-15-4-11-23-13-15)18-5-6-20-7-9-21(10-8-20)14(2)22/h4,11,13H,3,5-10,12H2,1-2H3,(H2,17,18,19). The average molecular weight is 337 g/mol. The quantitative estimate of drug-likeness (QED) is 0.600. The Hall–Kier alpha value is -1.60. The van der Waals surface area contributed by atoms with Gasteiger partial charge in [-0.2, -0.15) is 11.3 Å². The van der Waals surface area contributed by atoms with Gasteiger partial charge in [0.2, 0.25) is 5.91 Å². The predicted molar refractivity (Wildman–Crippen MR) is 95.8 cm³/mol. The zero-order valence-electron chi connectivity index (χ0n) is 14.0. The molecule has 0 atom stereocenters. The monoisotopic (exact) mass is 337 g/mol. The number of carbonyl (C=O) groups excluding carboxylic acids is 1. The number of hydrogen-bond donors (Lipinski definition) is 2. The van der Waals surface area contributed by atoms with Gasteiger partial charge in [0.05, 0.1) is 6.54 Å². The molecule has 23 heavy (non-hydrogen) atoms. The van der Waals surface area contributed by atoms with Crippen LogP contribution in [0.25, 0.3) is 0 Å². The zero-order chi connectivity index (χ0) is 16.5. The third-order valence-corrected chi connectivity index (χ3v) is 4.61. The summed E-state index contributed by atoms with van der Waals surface area (Å²) in [6, 6.07) is 2.10. The minimum absolute atomic E-state index is 0.178. The molecule has 1 fully saturated rings. The highest BCUT2D eigenvalue weighted by Gasteiger charge is 2.17. The van der Waals surface area contributed by atoms with Crippen LogP contribution in [0.1, 0.15) is 19.4 Å². The lowest BCUT2D eigenvalue weighted by atomic mass is 10.3. The van der Waals surface area contributed by atoms with Crippen molar-refractivity contribution in [3.8, 4) is 0 Å². The van der Waals surface area contributed by atoms with Crippen molar-refractivity contribution >= 4 is 23.2 Å². The Morgan fingerprint density at radius 3 is 2.70 bits per heavy atom. The number of guanidine groups is 1. The molecule has 6 nitrogen and oxygen atoms in total. The fourth-order valence-corrected chi connectivity index (χ4v) is 3.17. The van der Waals surface area contributed by atoms with Crippen LogP contribution in [0.5, 0.6) is 0 Å². The van der Waals surface area contributed by atoms with Crippen molar-refractivity contribution < 1.29 is 4.79 Å². The SMILES string of the molecule is CCNC(=NCc1ccsc1)NCCN1CCN(C(C)=O)CC1. The molecule has 0 unspecified atom stereocenters. The second-order valence-electron chi connectivity index (χ2n) is 5.60. The molecule has 1 amide bonds. The van der Waals surface area contributed by atoms with E-state index >= 15 is 0 Å². The number of piperazine rings is 1. The Morgan fingerprint density at radius 2 is 2.09 bits per heavy atom. The molecular formula is C16H27N5OS. The minimum atomic E-state index is 0.178. The molecule has 128 valence electrons. The first-order valence-corrected chi connectivity index (χ1v) is 9.14. The maximum atomic E-state index is 11.3. The van der Waals surface area contributed by atoms with Crippen molar-refractivity contribution in [3.63, 3.8) is 0 Å². The van der Waals surface area contributed by atoms with E-state index in [1.54, 1.807) is 18.3 Å². The van der Waals surface area contributed by atoms with Gasteiger partial charge in [0.15, 0.2) is 5.96 Å². The number of nitrogens with zero attached hydrogens (tertiary/aromatic N) is 3. The van der Waals surface area contributed by atoms with E-state index in [0.717, 1.165) is 51.8 Å². The van der Waals surface area contributed by atoms with Gasteiger partial charge in [-0.3, -0.25) is 9.69 Å². The van der Waals surface area contributed by atoms with Gasteiger partial charge in [0, 0.05) is 52.7 Å². The van der Waals surface area contributed by atoms with E-state index in [1.807, 2.05) is 4.90 Å². The number of aliphatic imine (C=N–C) groups is 1. The zero-order valence-corrected chi connectivity index (χ0v) is 14.9. The van der Waals surface area contributed by atoms with E-state index in [1.165, 1.54) is 5.56 Å². The molecule has 0 radical (unpaired) electrons. The number of nitrogens with one attached hydrogen (secondary N) is 2. The van der Waals surface area contributed by atoms with Crippen LogP contribution in [0.4, 0.5) is 0 Å². The van der Waals surface area contributed by atoms with E-state index in [-0.39, 0.29) is 5.91 Å². The number of thiophene rings is 1. The summed E-state index contributed by atoms with van der Waals surface area (Å²) in [6.45, 7) is 10.7. The first-order valence-electron chi connectivity index (χ1n) is 8.20. The van der Waals surface area contributed by atoms with E-state index in [2.05, 4.69) is 44.3 Å². The van der Waals surface area contributed by atoms with Crippen LogP contribution in [0.2, 0.25) is 0 Å². The Balaban J connectivity index is 1.70. The van der Waals surface area contributed by atoms with Crippen LogP contribution >= 0.6 is 11.3 Å². The Labute approximate surface area is 142 Å². The Kier molecular flexibility index (Phi) is 7.35. The summed E-state index contributed by atoms with van der Waals surface area (Å²) in [5.41, 5.74) is 1.24. The van der Waals surface area contributed by atoms with Gasteiger partial charge in [0.25, 0.3) is 0 Å². The van der Waals surface area contributed by atoms with Crippen molar-refractivity contribution in [3.05, 3.63) is 22.4 Å². The van der Waals surface area contributed by atoms with Gasteiger partial charge in [-0.15, -0.1) is 0 Å². The van der Waals surface area contributed by atoms with Crippen LogP contribution in [0.15, 0.2) is 21.8 Å². The number of rotatable bonds is 6. The maximum absolute atomic E-state index is 11.3. The molecule has 0 aromatic carbocycles. The smallest absolute Gasteiger partial charge is 0.219 e. The van der Waals surface area contributed by atoms with Crippen molar-refractivity contribution in [2.75, 3.05) is 45.8 Å². The van der Waals surface area contributed by atoms with Crippen LogP contribution < -0.4 is 10.6 Å². The molecule has 0 spiro atoms. The fourth-order valence-electron chi connectivity index (χ4n) is 2.51. The van der Waals surface area contributed by atoms with Gasteiger partial charge >= 0.3 is 0 Å². The summed E-state index contributed by atoms with van der Waals surface area (Å²) in [6.07, 6.45) is 0. The van der Waals surface area contributed by atoms with Gasteiger partial charge in [-0.25, -0.2) is 4.99 Å². The van der Waals surface area contributed by atoms with Crippen LogP contribution in [-0.2, 0) is 11.3 Å². The highest BCUT2D eigenvalue weighted by atomic mass is 32.1. The van der Waals surface area contributed by atoms with E-state index < -0.39 is 0 Å². The fraction of sp³-hybridized carbons (Fsp3) is 0.625. The summed E-state index contributed by atoms with van der Waals surface area (Å²) in [4.78, 5) is 20.2. The minimum Gasteiger partial charge on any atom is -0.357 e. The van der Waals surface area contributed by atoms with Crippen LogP contribution in [0, 0.1) is 0 Å². The van der Waals surface area contributed by atoms with E-state index in [4.69, 9.17) is 0 Å². The predicted octanol–water partition coefficient (Wildman–Crippen LogP) is 0.967. The van der Waals surface area contributed by atoms with Gasteiger partial charge in [0.1, 0.15) is 0 Å². The summed E-state index contributed by atoms with van der Waals surface area (Å²) in [5, 5.41) is 10.9. The summed E-state index contributed by atoms with van der Waals surface area (Å²) < 4.78 is 0. The van der Waals surface area contributed by atoms with Gasteiger partial charge < -0.3 is 15.5 Å². The number of hydrogen-bond acceptors (Lipinski definition) is 4.